The van der Waals surface area contributed by atoms with Crippen LogP contribution in [0, 0.1) is 0 Å². The molecular weight excluding hydrogens is 178 g/mol. The number of allylic oxidation sites excluding steroid dienone is 1. The molecule has 1 aromatic rings. The summed E-state index contributed by atoms with van der Waals surface area (Å²) in [5.74, 6) is -0.258. The smallest absolute Gasteiger partial charge is 0.275 e. The van der Waals surface area contributed by atoms with E-state index in [2.05, 4.69) is 16.9 Å². The van der Waals surface area contributed by atoms with E-state index in [-0.39, 0.29) is 5.91 Å². The van der Waals surface area contributed by atoms with Crippen molar-refractivity contribution < 1.29 is 9.63 Å². The van der Waals surface area contributed by atoms with Crippen molar-refractivity contribution in [3.8, 4) is 0 Å². The Labute approximate surface area is 83.3 Å². The zero-order valence-electron chi connectivity index (χ0n) is 8.33. The normalized spacial score (nSPS) is 9.57. The molecule has 1 aromatic carbocycles. The van der Waals surface area contributed by atoms with Gasteiger partial charge in [-0.05, 0) is 18.6 Å². The maximum Gasteiger partial charge on any atom is 0.275 e. The van der Waals surface area contributed by atoms with Crippen LogP contribution in [0.25, 0.3) is 5.57 Å². The Kier molecular flexibility index (Phi) is 3.42. The van der Waals surface area contributed by atoms with Gasteiger partial charge in [-0.15, -0.1) is 0 Å². The Morgan fingerprint density at radius 1 is 1.36 bits per heavy atom. The van der Waals surface area contributed by atoms with Crippen LogP contribution >= 0.6 is 0 Å². The molecule has 0 spiro atoms. The Hall–Kier alpha value is -1.61. The molecule has 1 rings (SSSR count). The van der Waals surface area contributed by atoms with E-state index < -0.39 is 0 Å². The lowest BCUT2D eigenvalue weighted by Crippen LogP contribution is -2.22. The summed E-state index contributed by atoms with van der Waals surface area (Å²) < 4.78 is 0. The van der Waals surface area contributed by atoms with Crippen molar-refractivity contribution in [3.05, 3.63) is 42.0 Å². The van der Waals surface area contributed by atoms with Crippen molar-refractivity contribution >= 4 is 11.5 Å². The Morgan fingerprint density at radius 3 is 2.43 bits per heavy atom. The number of benzene rings is 1. The zero-order valence-corrected chi connectivity index (χ0v) is 8.33. The molecule has 0 saturated carbocycles. The van der Waals surface area contributed by atoms with Crippen LogP contribution in [-0.4, -0.2) is 13.0 Å². The summed E-state index contributed by atoms with van der Waals surface area (Å²) in [6, 6.07) is 7.26. The molecule has 0 atom stereocenters. The van der Waals surface area contributed by atoms with E-state index in [1.165, 1.54) is 7.11 Å². The maximum atomic E-state index is 11.5. The predicted molar refractivity (Wildman–Crippen MR) is 55.6 cm³/mol. The van der Waals surface area contributed by atoms with Gasteiger partial charge < -0.3 is 0 Å². The molecule has 0 heterocycles. The second kappa shape index (κ2) is 4.58. The summed E-state index contributed by atoms with van der Waals surface area (Å²) in [4.78, 5) is 16.1. The predicted octanol–water partition coefficient (Wildman–Crippen LogP) is 2.01. The second-order valence-electron chi connectivity index (χ2n) is 2.96. The lowest BCUT2D eigenvalue weighted by Gasteiger charge is -2.07. The Balaban J connectivity index is 3.07. The van der Waals surface area contributed by atoms with E-state index in [0.29, 0.717) is 5.56 Å². The Bertz CT molecular complexity index is 358. The molecular formula is C11H13NO2. The first kappa shape index (κ1) is 10.5. The van der Waals surface area contributed by atoms with Crippen molar-refractivity contribution in [2.45, 2.75) is 6.92 Å². The average Bonchev–Trinajstić information content (AvgIpc) is 2.18. The molecule has 0 unspecified atom stereocenters. The highest BCUT2D eigenvalue weighted by molar-refractivity contribution is 5.98. The van der Waals surface area contributed by atoms with Crippen LogP contribution in [0.1, 0.15) is 22.8 Å². The Morgan fingerprint density at radius 2 is 1.93 bits per heavy atom. The first-order valence-corrected chi connectivity index (χ1v) is 4.25. The van der Waals surface area contributed by atoms with Gasteiger partial charge in [0.1, 0.15) is 0 Å². The lowest BCUT2D eigenvalue weighted by atomic mass is 10.0. The first-order valence-electron chi connectivity index (χ1n) is 4.25. The molecule has 0 bridgehead atoms. The number of rotatable bonds is 3. The van der Waals surface area contributed by atoms with E-state index in [1.807, 2.05) is 19.1 Å². The average molecular weight is 191 g/mol. The SMILES string of the molecule is C=C(C)c1ccccc1C(=O)NOC. The molecule has 74 valence electrons. The third-order valence-corrected chi connectivity index (χ3v) is 1.83. The molecule has 0 aromatic heterocycles. The van der Waals surface area contributed by atoms with Crippen molar-refractivity contribution in [2.75, 3.05) is 7.11 Å². The number of carbonyl (C=O) groups is 1. The minimum atomic E-state index is -0.258. The summed E-state index contributed by atoms with van der Waals surface area (Å²) >= 11 is 0. The third kappa shape index (κ3) is 2.20. The van der Waals surface area contributed by atoms with Crippen molar-refractivity contribution in [1.82, 2.24) is 5.48 Å². The van der Waals surface area contributed by atoms with Crippen LogP contribution in [0.5, 0.6) is 0 Å². The van der Waals surface area contributed by atoms with E-state index in [0.717, 1.165) is 11.1 Å². The van der Waals surface area contributed by atoms with Crippen LogP contribution < -0.4 is 5.48 Å². The highest BCUT2D eigenvalue weighted by Crippen LogP contribution is 2.16. The largest absolute Gasteiger partial charge is 0.277 e. The number of amides is 1. The van der Waals surface area contributed by atoms with Gasteiger partial charge in [-0.1, -0.05) is 30.4 Å². The lowest BCUT2D eigenvalue weighted by molar-refractivity contribution is 0.0537. The number of carbonyl (C=O) groups excluding carboxylic acids is 1. The number of hydrogen-bond acceptors (Lipinski definition) is 2. The minimum Gasteiger partial charge on any atom is -0.277 e. The van der Waals surface area contributed by atoms with Crippen LogP contribution in [0.4, 0.5) is 0 Å². The van der Waals surface area contributed by atoms with Crippen molar-refractivity contribution in [1.29, 1.82) is 0 Å². The molecule has 0 aliphatic heterocycles. The molecule has 0 fully saturated rings. The van der Waals surface area contributed by atoms with Crippen LogP contribution in [-0.2, 0) is 4.84 Å². The van der Waals surface area contributed by atoms with Gasteiger partial charge >= 0.3 is 0 Å². The summed E-state index contributed by atoms with van der Waals surface area (Å²) in [6.45, 7) is 5.67. The van der Waals surface area contributed by atoms with E-state index >= 15 is 0 Å². The minimum absolute atomic E-state index is 0.258. The second-order valence-corrected chi connectivity index (χ2v) is 2.96. The quantitative estimate of drug-likeness (QED) is 0.742. The molecule has 0 aliphatic rings. The molecule has 0 saturated heterocycles. The van der Waals surface area contributed by atoms with Gasteiger partial charge in [0.2, 0.25) is 0 Å². The van der Waals surface area contributed by atoms with Gasteiger partial charge in [0.15, 0.2) is 0 Å². The van der Waals surface area contributed by atoms with E-state index in [4.69, 9.17) is 0 Å². The fraction of sp³-hybridized carbons (Fsp3) is 0.182. The first-order chi connectivity index (χ1) is 6.66. The van der Waals surface area contributed by atoms with Gasteiger partial charge in [0, 0.05) is 5.56 Å². The number of hydrogen-bond donors (Lipinski definition) is 1. The third-order valence-electron chi connectivity index (χ3n) is 1.83. The highest BCUT2D eigenvalue weighted by atomic mass is 16.6. The number of hydroxylamine groups is 1. The molecule has 3 nitrogen and oxygen atoms in total. The zero-order chi connectivity index (χ0) is 10.6. The molecule has 1 amide bonds. The molecule has 1 N–H and O–H groups in total. The van der Waals surface area contributed by atoms with Gasteiger partial charge in [-0.25, -0.2) is 5.48 Å². The number of nitrogens with one attached hydrogen (secondary N) is 1. The van der Waals surface area contributed by atoms with Crippen LogP contribution in [0.2, 0.25) is 0 Å². The van der Waals surface area contributed by atoms with E-state index in [1.54, 1.807) is 12.1 Å². The molecule has 0 aliphatic carbocycles. The fourth-order valence-corrected chi connectivity index (χ4v) is 1.20. The highest BCUT2D eigenvalue weighted by Gasteiger charge is 2.09. The fourth-order valence-electron chi connectivity index (χ4n) is 1.20. The summed E-state index contributed by atoms with van der Waals surface area (Å²) in [5.41, 5.74) is 4.54. The molecule has 3 heteroatoms. The summed E-state index contributed by atoms with van der Waals surface area (Å²) in [7, 11) is 1.40. The topological polar surface area (TPSA) is 38.3 Å². The van der Waals surface area contributed by atoms with Gasteiger partial charge in [0.25, 0.3) is 5.91 Å². The summed E-state index contributed by atoms with van der Waals surface area (Å²) in [6.07, 6.45) is 0. The van der Waals surface area contributed by atoms with Crippen LogP contribution in [0.3, 0.4) is 0 Å². The van der Waals surface area contributed by atoms with E-state index in [9.17, 15) is 4.79 Å². The van der Waals surface area contributed by atoms with Crippen molar-refractivity contribution in [3.63, 3.8) is 0 Å². The monoisotopic (exact) mass is 191 g/mol. The maximum absolute atomic E-state index is 11.5. The van der Waals surface area contributed by atoms with Crippen molar-refractivity contribution in [2.24, 2.45) is 0 Å². The van der Waals surface area contributed by atoms with Gasteiger partial charge in [0.05, 0.1) is 7.11 Å². The molecule has 14 heavy (non-hydrogen) atoms. The van der Waals surface area contributed by atoms with Gasteiger partial charge in [-0.3, -0.25) is 9.63 Å². The molecule has 0 radical (unpaired) electrons. The van der Waals surface area contributed by atoms with Crippen LogP contribution in [0.15, 0.2) is 30.8 Å². The summed E-state index contributed by atoms with van der Waals surface area (Å²) in [5, 5.41) is 0. The standard InChI is InChI=1S/C11H13NO2/c1-8(2)9-6-4-5-7-10(9)11(13)12-14-3/h4-7H,1H2,2-3H3,(H,12,13). The van der Waals surface area contributed by atoms with Gasteiger partial charge in [-0.2, -0.15) is 0 Å².